The quantitative estimate of drug-likeness (QED) is 0.838. The van der Waals surface area contributed by atoms with E-state index in [4.69, 9.17) is 22.1 Å². The van der Waals surface area contributed by atoms with Crippen molar-refractivity contribution in [2.45, 2.75) is 26.3 Å². The van der Waals surface area contributed by atoms with Crippen LogP contribution in [0.1, 0.15) is 18.1 Å². The van der Waals surface area contributed by atoms with Crippen LogP contribution in [0.4, 0.5) is 0 Å². The summed E-state index contributed by atoms with van der Waals surface area (Å²) < 4.78 is 5.17. The molecule has 1 atom stereocenters. The van der Waals surface area contributed by atoms with Crippen molar-refractivity contribution in [3.8, 4) is 5.75 Å². The second-order valence-corrected chi connectivity index (χ2v) is 4.02. The van der Waals surface area contributed by atoms with Crippen molar-refractivity contribution in [1.29, 1.82) is 0 Å². The van der Waals surface area contributed by atoms with E-state index in [9.17, 15) is 0 Å². The zero-order chi connectivity index (χ0) is 10.7. The second kappa shape index (κ2) is 4.67. The lowest BCUT2D eigenvalue weighted by Crippen LogP contribution is -2.17. The van der Waals surface area contributed by atoms with Crippen LogP contribution in [0.15, 0.2) is 12.1 Å². The summed E-state index contributed by atoms with van der Waals surface area (Å²) in [6.07, 6.45) is 0.838. The molecule has 1 aromatic rings. The third kappa shape index (κ3) is 2.63. The summed E-state index contributed by atoms with van der Waals surface area (Å²) in [6.45, 7) is 3.96. The number of nitrogens with two attached hydrogens (primary N) is 1. The Bertz CT molecular complexity index is 300. The van der Waals surface area contributed by atoms with Gasteiger partial charge in [0.15, 0.2) is 0 Å². The topological polar surface area (TPSA) is 35.2 Å². The van der Waals surface area contributed by atoms with Crippen LogP contribution in [0.25, 0.3) is 0 Å². The number of methoxy groups -OCH3 is 1. The lowest BCUT2D eigenvalue weighted by Gasteiger charge is -2.11. The molecule has 0 aromatic heterocycles. The van der Waals surface area contributed by atoms with Gasteiger partial charge in [0.1, 0.15) is 5.75 Å². The van der Waals surface area contributed by atoms with Crippen LogP contribution in [0.3, 0.4) is 0 Å². The van der Waals surface area contributed by atoms with E-state index in [0.29, 0.717) is 5.02 Å². The fourth-order valence-electron chi connectivity index (χ4n) is 1.55. The van der Waals surface area contributed by atoms with Crippen molar-refractivity contribution in [3.63, 3.8) is 0 Å². The molecule has 0 spiro atoms. The third-order valence-electron chi connectivity index (χ3n) is 2.05. The zero-order valence-electron chi connectivity index (χ0n) is 8.80. The molecule has 0 heterocycles. The van der Waals surface area contributed by atoms with Gasteiger partial charge >= 0.3 is 0 Å². The standard InChI is InChI=1S/C11H16ClNO/c1-7-4-9(5-8(2)13)6-10(12)11(7)14-3/h4,6,8H,5,13H2,1-3H3. The molecule has 0 fully saturated rings. The smallest absolute Gasteiger partial charge is 0.140 e. The highest BCUT2D eigenvalue weighted by atomic mass is 35.5. The van der Waals surface area contributed by atoms with Crippen molar-refractivity contribution >= 4 is 11.6 Å². The summed E-state index contributed by atoms with van der Waals surface area (Å²) in [4.78, 5) is 0. The molecule has 0 saturated heterocycles. The maximum atomic E-state index is 6.05. The molecule has 0 aliphatic carbocycles. The molecule has 2 nitrogen and oxygen atoms in total. The van der Waals surface area contributed by atoms with Gasteiger partial charge in [-0.2, -0.15) is 0 Å². The molecule has 0 radical (unpaired) electrons. The Balaban J connectivity index is 3.01. The van der Waals surface area contributed by atoms with Gasteiger partial charge in [-0.15, -0.1) is 0 Å². The molecule has 0 aliphatic heterocycles. The number of benzene rings is 1. The monoisotopic (exact) mass is 213 g/mol. The van der Waals surface area contributed by atoms with Crippen LogP contribution in [0.5, 0.6) is 5.75 Å². The third-order valence-corrected chi connectivity index (χ3v) is 2.33. The van der Waals surface area contributed by atoms with E-state index in [1.54, 1.807) is 7.11 Å². The Morgan fingerprint density at radius 2 is 2.14 bits per heavy atom. The molecule has 1 unspecified atom stereocenters. The number of hydrogen-bond donors (Lipinski definition) is 1. The van der Waals surface area contributed by atoms with Crippen molar-refractivity contribution in [2.75, 3.05) is 7.11 Å². The molecule has 2 N–H and O–H groups in total. The van der Waals surface area contributed by atoms with Gasteiger partial charge in [-0.3, -0.25) is 0 Å². The van der Waals surface area contributed by atoms with E-state index in [0.717, 1.165) is 23.3 Å². The maximum Gasteiger partial charge on any atom is 0.140 e. The highest BCUT2D eigenvalue weighted by Gasteiger charge is 2.07. The van der Waals surface area contributed by atoms with Crippen LogP contribution in [0, 0.1) is 6.92 Å². The zero-order valence-corrected chi connectivity index (χ0v) is 9.56. The van der Waals surface area contributed by atoms with Crippen LogP contribution in [0.2, 0.25) is 5.02 Å². The van der Waals surface area contributed by atoms with Gasteiger partial charge in [0, 0.05) is 6.04 Å². The number of halogens is 1. The predicted octanol–water partition coefficient (Wildman–Crippen LogP) is 2.55. The normalized spacial score (nSPS) is 12.6. The van der Waals surface area contributed by atoms with Gasteiger partial charge in [-0.05, 0) is 37.5 Å². The van der Waals surface area contributed by atoms with Crippen LogP contribution >= 0.6 is 11.6 Å². The first-order valence-corrected chi connectivity index (χ1v) is 5.01. The van der Waals surface area contributed by atoms with Gasteiger partial charge in [0.25, 0.3) is 0 Å². The lowest BCUT2D eigenvalue weighted by atomic mass is 10.0. The summed E-state index contributed by atoms with van der Waals surface area (Å²) in [5.41, 5.74) is 7.93. The van der Waals surface area contributed by atoms with Crippen molar-refractivity contribution < 1.29 is 4.74 Å². The Kier molecular flexibility index (Phi) is 3.78. The van der Waals surface area contributed by atoms with E-state index in [2.05, 4.69) is 6.07 Å². The van der Waals surface area contributed by atoms with Gasteiger partial charge in [0.05, 0.1) is 12.1 Å². The van der Waals surface area contributed by atoms with Crippen LogP contribution in [-0.4, -0.2) is 13.2 Å². The van der Waals surface area contributed by atoms with Crippen LogP contribution < -0.4 is 10.5 Å². The van der Waals surface area contributed by atoms with E-state index in [1.165, 1.54) is 0 Å². The van der Waals surface area contributed by atoms with Crippen molar-refractivity contribution in [2.24, 2.45) is 5.73 Å². The second-order valence-electron chi connectivity index (χ2n) is 3.61. The molecule has 0 amide bonds. The fraction of sp³-hybridized carbons (Fsp3) is 0.455. The molecule has 78 valence electrons. The van der Waals surface area contributed by atoms with Gasteiger partial charge in [-0.25, -0.2) is 0 Å². The Labute approximate surface area is 90.0 Å². The Morgan fingerprint density at radius 1 is 1.50 bits per heavy atom. The first-order chi connectivity index (χ1) is 6.54. The summed E-state index contributed by atoms with van der Waals surface area (Å²) >= 11 is 6.05. The van der Waals surface area contributed by atoms with Crippen molar-refractivity contribution in [3.05, 3.63) is 28.3 Å². The molecular formula is C11H16ClNO. The highest BCUT2D eigenvalue weighted by Crippen LogP contribution is 2.29. The summed E-state index contributed by atoms with van der Waals surface area (Å²) in [6, 6.07) is 4.13. The molecule has 1 aromatic carbocycles. The Hall–Kier alpha value is -0.730. The van der Waals surface area contributed by atoms with Crippen molar-refractivity contribution in [1.82, 2.24) is 0 Å². The SMILES string of the molecule is COc1c(C)cc(CC(C)N)cc1Cl. The first kappa shape index (κ1) is 11.3. The highest BCUT2D eigenvalue weighted by molar-refractivity contribution is 6.32. The molecular weight excluding hydrogens is 198 g/mol. The lowest BCUT2D eigenvalue weighted by molar-refractivity contribution is 0.411. The predicted molar refractivity (Wildman–Crippen MR) is 60.1 cm³/mol. The maximum absolute atomic E-state index is 6.05. The van der Waals surface area contributed by atoms with E-state index in [1.807, 2.05) is 19.9 Å². The first-order valence-electron chi connectivity index (χ1n) is 4.63. The molecule has 0 bridgehead atoms. The minimum Gasteiger partial charge on any atom is -0.495 e. The van der Waals surface area contributed by atoms with Gasteiger partial charge in [0.2, 0.25) is 0 Å². The molecule has 3 heteroatoms. The average Bonchev–Trinajstić information content (AvgIpc) is 2.01. The Morgan fingerprint density at radius 3 is 2.57 bits per heavy atom. The molecule has 0 saturated carbocycles. The largest absolute Gasteiger partial charge is 0.495 e. The summed E-state index contributed by atoms with van der Waals surface area (Å²) in [7, 11) is 1.62. The van der Waals surface area contributed by atoms with E-state index in [-0.39, 0.29) is 6.04 Å². The summed E-state index contributed by atoms with van der Waals surface area (Å²) in [5.74, 6) is 0.750. The number of aryl methyl sites for hydroxylation is 1. The molecule has 1 rings (SSSR count). The van der Waals surface area contributed by atoms with Gasteiger partial charge < -0.3 is 10.5 Å². The summed E-state index contributed by atoms with van der Waals surface area (Å²) in [5, 5.41) is 0.656. The number of rotatable bonds is 3. The minimum absolute atomic E-state index is 0.152. The fourth-order valence-corrected chi connectivity index (χ4v) is 1.92. The average molecular weight is 214 g/mol. The minimum atomic E-state index is 0.152. The van der Waals surface area contributed by atoms with E-state index >= 15 is 0 Å². The molecule has 14 heavy (non-hydrogen) atoms. The number of ether oxygens (including phenoxy) is 1. The van der Waals surface area contributed by atoms with Crippen LogP contribution in [-0.2, 0) is 6.42 Å². The molecule has 0 aliphatic rings. The van der Waals surface area contributed by atoms with E-state index < -0.39 is 0 Å². The van der Waals surface area contributed by atoms with Gasteiger partial charge in [-0.1, -0.05) is 17.7 Å². The number of hydrogen-bond acceptors (Lipinski definition) is 2.